The van der Waals surface area contributed by atoms with Gasteiger partial charge in [0.1, 0.15) is 5.35 Å². The van der Waals surface area contributed by atoms with Gasteiger partial charge in [0, 0.05) is 0 Å². The van der Waals surface area contributed by atoms with Gasteiger partial charge in [-0.1, -0.05) is 23.6 Å². The predicted octanol–water partition coefficient (Wildman–Crippen LogP) is 0.294. The molecule has 1 rings (SSSR count). The first-order valence-electron chi connectivity index (χ1n) is 4.45. The van der Waals surface area contributed by atoms with Crippen molar-refractivity contribution >= 4 is 29.6 Å². The molecule has 0 aromatic carbocycles. The molecule has 0 fully saturated rings. The fraction of sp³-hybridized carbons (Fsp3) is 0.182. The highest BCUT2D eigenvalue weighted by atomic mass is 35.5. The number of nitrogens with zero attached hydrogens (tertiary/aromatic N) is 3. The summed E-state index contributed by atoms with van der Waals surface area (Å²) in [6.07, 6.45) is 8.25. The third kappa shape index (κ3) is 2.81. The standard InChI is InChI=1S/C11H10ClN3O/c1-4-6-16-9-7-14-10(11(12)13-3)8(5-2)15-9/h1,5,7H,3,6H2,2H3/b8-5+,11-10+. The predicted molar refractivity (Wildman–Crippen MR) is 64.6 cm³/mol. The summed E-state index contributed by atoms with van der Waals surface area (Å²) >= 11 is 5.82. The summed E-state index contributed by atoms with van der Waals surface area (Å²) in [7, 11) is 0. The first-order chi connectivity index (χ1) is 7.72. The van der Waals surface area contributed by atoms with Crippen LogP contribution in [0.5, 0.6) is 5.88 Å². The summed E-state index contributed by atoms with van der Waals surface area (Å²) < 4.78 is 5.14. The number of ether oxygens (including phenoxy) is 1. The van der Waals surface area contributed by atoms with Crippen LogP contribution in [0.25, 0.3) is 11.2 Å². The van der Waals surface area contributed by atoms with Crippen LogP contribution in [0.2, 0.25) is 0 Å². The van der Waals surface area contributed by atoms with Crippen molar-refractivity contribution in [3.05, 3.63) is 16.9 Å². The maximum atomic E-state index is 5.82. The van der Waals surface area contributed by atoms with E-state index in [0.717, 1.165) is 0 Å². The number of aliphatic imine (C=N–C) groups is 1. The lowest BCUT2D eigenvalue weighted by Gasteiger charge is -2.00. The molecular weight excluding hydrogens is 226 g/mol. The van der Waals surface area contributed by atoms with Crippen molar-refractivity contribution in [2.45, 2.75) is 6.92 Å². The Morgan fingerprint density at radius 2 is 2.56 bits per heavy atom. The summed E-state index contributed by atoms with van der Waals surface area (Å²) in [6, 6.07) is 0. The molecule has 1 heterocycles. The number of terminal acetylenes is 1. The van der Waals surface area contributed by atoms with E-state index in [1.807, 2.05) is 6.92 Å². The second-order valence-corrected chi connectivity index (χ2v) is 3.03. The Hall–Kier alpha value is -1.86. The van der Waals surface area contributed by atoms with E-state index >= 15 is 0 Å². The normalized spacial score (nSPS) is 12.9. The van der Waals surface area contributed by atoms with Crippen LogP contribution in [0.1, 0.15) is 6.92 Å². The largest absolute Gasteiger partial charge is 0.463 e. The first kappa shape index (κ1) is 12.2. The smallest absolute Gasteiger partial charge is 0.233 e. The average molecular weight is 236 g/mol. The van der Waals surface area contributed by atoms with Gasteiger partial charge in [-0.25, -0.2) is 9.97 Å². The van der Waals surface area contributed by atoms with Crippen molar-refractivity contribution in [3.8, 4) is 18.2 Å². The zero-order chi connectivity index (χ0) is 12.0. The van der Waals surface area contributed by atoms with Crippen LogP contribution < -0.4 is 15.4 Å². The maximum Gasteiger partial charge on any atom is 0.233 e. The van der Waals surface area contributed by atoms with Crippen molar-refractivity contribution < 1.29 is 4.74 Å². The molecule has 0 unspecified atom stereocenters. The van der Waals surface area contributed by atoms with E-state index in [4.69, 9.17) is 22.8 Å². The van der Waals surface area contributed by atoms with Gasteiger partial charge in [-0.3, -0.25) is 4.99 Å². The molecule has 1 aromatic rings. The van der Waals surface area contributed by atoms with Crippen molar-refractivity contribution in [1.29, 1.82) is 0 Å². The summed E-state index contributed by atoms with van der Waals surface area (Å²) in [5, 5.41) is 1.24. The molecular formula is C11H10ClN3O. The zero-order valence-electron chi connectivity index (χ0n) is 8.77. The number of rotatable bonds is 3. The summed E-state index contributed by atoms with van der Waals surface area (Å²) in [5.41, 5.74) is 0. The van der Waals surface area contributed by atoms with Gasteiger partial charge >= 0.3 is 0 Å². The lowest BCUT2D eigenvalue weighted by atomic mass is 10.4. The summed E-state index contributed by atoms with van der Waals surface area (Å²) in [4.78, 5) is 11.8. The highest BCUT2D eigenvalue weighted by Gasteiger charge is 1.99. The Morgan fingerprint density at radius 3 is 3.12 bits per heavy atom. The first-order valence-corrected chi connectivity index (χ1v) is 4.83. The average Bonchev–Trinajstić information content (AvgIpc) is 2.34. The van der Waals surface area contributed by atoms with E-state index in [2.05, 4.69) is 27.6 Å². The quantitative estimate of drug-likeness (QED) is 0.430. The van der Waals surface area contributed by atoms with Crippen LogP contribution in [0.15, 0.2) is 11.2 Å². The van der Waals surface area contributed by atoms with Gasteiger partial charge in [0.15, 0.2) is 11.8 Å². The molecule has 82 valence electrons. The second kappa shape index (κ2) is 5.89. The van der Waals surface area contributed by atoms with Gasteiger partial charge in [-0.15, -0.1) is 6.42 Å². The van der Waals surface area contributed by atoms with Crippen LogP contribution in [-0.4, -0.2) is 23.3 Å². The fourth-order valence-corrected chi connectivity index (χ4v) is 1.15. The minimum atomic E-state index is 0.147. The monoisotopic (exact) mass is 235 g/mol. The molecule has 1 aromatic heterocycles. The molecule has 0 bridgehead atoms. The third-order valence-electron chi connectivity index (χ3n) is 1.69. The summed E-state index contributed by atoms with van der Waals surface area (Å²) in [6.45, 7) is 5.28. The van der Waals surface area contributed by atoms with Gasteiger partial charge < -0.3 is 4.74 Å². The minimum absolute atomic E-state index is 0.147. The zero-order valence-corrected chi connectivity index (χ0v) is 9.53. The van der Waals surface area contributed by atoms with Crippen molar-refractivity contribution in [3.63, 3.8) is 0 Å². The molecule has 0 saturated heterocycles. The summed E-state index contributed by atoms with van der Waals surface area (Å²) in [5.74, 6) is 2.69. The Morgan fingerprint density at radius 1 is 1.81 bits per heavy atom. The molecule has 0 aliphatic carbocycles. The Kier molecular flexibility index (Phi) is 4.49. The molecule has 0 amide bonds. The lowest BCUT2D eigenvalue weighted by Crippen LogP contribution is -2.32. The van der Waals surface area contributed by atoms with Crippen LogP contribution in [0, 0.1) is 12.3 Å². The molecule has 0 aliphatic heterocycles. The van der Waals surface area contributed by atoms with Crippen LogP contribution in [0.4, 0.5) is 0 Å². The van der Waals surface area contributed by atoms with Gasteiger partial charge in [0.25, 0.3) is 0 Å². The number of halogens is 1. The molecule has 0 atom stereocenters. The van der Waals surface area contributed by atoms with E-state index in [-0.39, 0.29) is 11.8 Å². The van der Waals surface area contributed by atoms with E-state index in [1.54, 1.807) is 6.08 Å². The van der Waals surface area contributed by atoms with E-state index in [9.17, 15) is 0 Å². The van der Waals surface area contributed by atoms with E-state index < -0.39 is 0 Å². The lowest BCUT2D eigenvalue weighted by molar-refractivity contribution is 0.352. The van der Waals surface area contributed by atoms with E-state index in [1.165, 1.54) is 6.20 Å². The highest BCUT2D eigenvalue weighted by Crippen LogP contribution is 1.99. The molecule has 4 nitrogen and oxygen atoms in total. The Balaban J connectivity index is 3.30. The second-order valence-electron chi connectivity index (χ2n) is 2.67. The van der Waals surface area contributed by atoms with Crippen molar-refractivity contribution in [1.82, 2.24) is 9.97 Å². The molecule has 0 radical (unpaired) electrons. The van der Waals surface area contributed by atoms with Gasteiger partial charge in [0.05, 0.1) is 11.5 Å². The number of hydrogen-bond acceptors (Lipinski definition) is 4. The molecule has 0 N–H and O–H groups in total. The Bertz CT molecular complexity index is 545. The molecule has 5 heteroatoms. The molecule has 16 heavy (non-hydrogen) atoms. The third-order valence-corrected chi connectivity index (χ3v) is 1.99. The van der Waals surface area contributed by atoms with Crippen LogP contribution in [-0.2, 0) is 0 Å². The molecule has 0 spiro atoms. The van der Waals surface area contributed by atoms with Crippen LogP contribution in [0.3, 0.4) is 0 Å². The van der Waals surface area contributed by atoms with Crippen LogP contribution >= 0.6 is 11.6 Å². The SMILES string of the molecule is C#CCOc1cnc(=C(\Cl)N=C)/c(=C\C)n1. The van der Waals surface area contributed by atoms with Gasteiger partial charge in [-0.05, 0) is 13.6 Å². The van der Waals surface area contributed by atoms with Crippen molar-refractivity contribution in [2.75, 3.05) is 6.61 Å². The minimum Gasteiger partial charge on any atom is -0.463 e. The Labute approximate surface area is 98.4 Å². The topological polar surface area (TPSA) is 47.4 Å². The van der Waals surface area contributed by atoms with Crippen molar-refractivity contribution in [2.24, 2.45) is 4.99 Å². The maximum absolute atomic E-state index is 5.82. The van der Waals surface area contributed by atoms with E-state index in [0.29, 0.717) is 16.6 Å². The number of aromatic nitrogens is 2. The fourth-order valence-electron chi connectivity index (χ4n) is 1.01. The molecule has 0 saturated carbocycles. The van der Waals surface area contributed by atoms with Gasteiger partial charge in [-0.2, -0.15) is 0 Å². The number of hydrogen-bond donors (Lipinski definition) is 0. The van der Waals surface area contributed by atoms with Gasteiger partial charge in [0.2, 0.25) is 5.88 Å². The highest BCUT2D eigenvalue weighted by molar-refractivity contribution is 6.44. The molecule has 0 aliphatic rings.